The summed E-state index contributed by atoms with van der Waals surface area (Å²) in [6.45, 7) is 9.18. The predicted octanol–water partition coefficient (Wildman–Crippen LogP) is 5.99. The summed E-state index contributed by atoms with van der Waals surface area (Å²) in [6, 6.07) is 12.5. The van der Waals surface area contributed by atoms with E-state index in [0.29, 0.717) is 11.6 Å². The number of carbonyl (C=O) groups excluding carboxylic acids is 2. The summed E-state index contributed by atoms with van der Waals surface area (Å²) in [5.74, 6) is -0.309. The minimum Gasteiger partial charge on any atom is -0.388 e. The number of amides is 1. The molecule has 3 rings (SSSR count). The maximum Gasteiger partial charge on any atom is 0.209 e. The normalized spacial score (nSPS) is 11.8. The number of anilines is 1. The average Bonchev–Trinajstić information content (AvgIpc) is 3.17. The summed E-state index contributed by atoms with van der Waals surface area (Å²) in [7, 11) is 5.57. The van der Waals surface area contributed by atoms with Crippen molar-refractivity contribution in [3.63, 3.8) is 0 Å². The zero-order valence-corrected chi connectivity index (χ0v) is 23.6. The van der Waals surface area contributed by atoms with Gasteiger partial charge in [-0.15, -0.1) is 0 Å². The van der Waals surface area contributed by atoms with Crippen LogP contribution in [0.5, 0.6) is 0 Å². The van der Waals surface area contributed by atoms with Gasteiger partial charge in [-0.1, -0.05) is 24.3 Å². The molecule has 0 spiro atoms. The Morgan fingerprint density at radius 2 is 1.79 bits per heavy atom. The number of carbonyl (C=O) groups is 2. The number of halogens is 1. The molecule has 0 aliphatic rings. The monoisotopic (exact) mass is 520 g/mol. The van der Waals surface area contributed by atoms with Gasteiger partial charge in [-0.2, -0.15) is 0 Å². The molecule has 1 amide bonds. The molecule has 7 heteroatoms. The van der Waals surface area contributed by atoms with Crippen LogP contribution in [0.4, 0.5) is 10.1 Å². The number of aromatic amines is 1. The molecule has 0 aliphatic heterocycles. The van der Waals surface area contributed by atoms with Gasteiger partial charge in [-0.25, -0.2) is 4.39 Å². The minimum atomic E-state index is -0.309. The van der Waals surface area contributed by atoms with Gasteiger partial charge < -0.3 is 20.5 Å². The highest BCUT2D eigenvalue weighted by Crippen LogP contribution is 2.35. The SMILES string of the molecule is CNCCCC(C)N(C)C=O.CNc1cccc(-c2cccc(F)c2)c1/C(C=O)=C/c1[nH]c(C)c(C)c1C. The highest BCUT2D eigenvalue weighted by Gasteiger charge is 2.16. The Labute approximate surface area is 226 Å². The highest BCUT2D eigenvalue weighted by molar-refractivity contribution is 6.17. The molecule has 0 saturated heterocycles. The van der Waals surface area contributed by atoms with E-state index < -0.39 is 0 Å². The van der Waals surface area contributed by atoms with Crippen molar-refractivity contribution in [1.82, 2.24) is 15.2 Å². The van der Waals surface area contributed by atoms with E-state index in [1.807, 2.05) is 65.3 Å². The first kappa shape index (κ1) is 30.5. The summed E-state index contributed by atoms with van der Waals surface area (Å²) in [5, 5.41) is 6.22. The van der Waals surface area contributed by atoms with Crippen molar-refractivity contribution in [3.05, 3.63) is 76.4 Å². The largest absolute Gasteiger partial charge is 0.388 e. The van der Waals surface area contributed by atoms with Gasteiger partial charge in [0.1, 0.15) is 5.82 Å². The molecule has 0 aliphatic carbocycles. The Kier molecular flexibility index (Phi) is 12.0. The summed E-state index contributed by atoms with van der Waals surface area (Å²) in [4.78, 5) is 27.4. The second kappa shape index (κ2) is 14.9. The van der Waals surface area contributed by atoms with Crippen molar-refractivity contribution in [2.24, 2.45) is 0 Å². The molecular weight excluding hydrogens is 479 g/mol. The molecule has 3 aromatic rings. The lowest BCUT2D eigenvalue weighted by molar-refractivity contribution is -0.118. The standard InChI is InChI=1S/C23H23FN2O.C8H18N2O/c1-14-15(2)22(26-16(14)3)12-18(13-27)23-20(9-6-10-21(23)25-4)17-7-5-8-19(24)11-17;1-8(10(3)7-11)5-4-6-9-2/h5-13,25-26H,1-4H3;7-9H,4-6H2,1-3H3/b18-12+;. The second-order valence-corrected chi connectivity index (χ2v) is 9.49. The maximum atomic E-state index is 13.8. The first-order chi connectivity index (χ1) is 18.2. The molecule has 6 nitrogen and oxygen atoms in total. The van der Waals surface area contributed by atoms with Crippen LogP contribution in [0.15, 0.2) is 42.5 Å². The van der Waals surface area contributed by atoms with E-state index in [-0.39, 0.29) is 5.82 Å². The fraction of sp³-hybridized carbons (Fsp3) is 0.355. The predicted molar refractivity (Wildman–Crippen MR) is 157 cm³/mol. The topological polar surface area (TPSA) is 77.2 Å². The third-order valence-corrected chi connectivity index (χ3v) is 6.95. The first-order valence-electron chi connectivity index (χ1n) is 12.9. The summed E-state index contributed by atoms with van der Waals surface area (Å²) >= 11 is 0. The Balaban J connectivity index is 0.000000391. The Hall–Kier alpha value is -3.71. The molecule has 1 aromatic heterocycles. The van der Waals surface area contributed by atoms with E-state index in [0.717, 1.165) is 71.4 Å². The van der Waals surface area contributed by atoms with E-state index in [2.05, 4.69) is 29.5 Å². The number of nitrogens with one attached hydrogen (secondary N) is 3. The molecule has 0 radical (unpaired) electrons. The fourth-order valence-electron chi connectivity index (χ4n) is 4.19. The van der Waals surface area contributed by atoms with Gasteiger partial charge in [0.05, 0.1) is 0 Å². The second-order valence-electron chi connectivity index (χ2n) is 9.49. The van der Waals surface area contributed by atoms with E-state index in [1.165, 1.54) is 17.7 Å². The number of hydrogen-bond donors (Lipinski definition) is 3. The van der Waals surface area contributed by atoms with Crippen LogP contribution in [-0.2, 0) is 9.59 Å². The summed E-state index contributed by atoms with van der Waals surface area (Å²) < 4.78 is 13.8. The van der Waals surface area contributed by atoms with Gasteiger partial charge >= 0.3 is 0 Å². The molecule has 204 valence electrons. The molecule has 0 fully saturated rings. The number of benzene rings is 2. The van der Waals surface area contributed by atoms with Gasteiger partial charge in [0.2, 0.25) is 6.41 Å². The Morgan fingerprint density at radius 3 is 2.34 bits per heavy atom. The Morgan fingerprint density at radius 1 is 1.08 bits per heavy atom. The van der Waals surface area contributed by atoms with Crippen LogP contribution in [0.3, 0.4) is 0 Å². The zero-order chi connectivity index (χ0) is 28.2. The third-order valence-electron chi connectivity index (χ3n) is 6.95. The van der Waals surface area contributed by atoms with Crippen LogP contribution in [0.1, 0.15) is 47.8 Å². The lowest BCUT2D eigenvalue weighted by Gasteiger charge is -2.19. The van der Waals surface area contributed by atoms with Crippen molar-refractivity contribution in [2.45, 2.75) is 46.6 Å². The van der Waals surface area contributed by atoms with Crippen molar-refractivity contribution in [2.75, 3.05) is 33.0 Å². The van der Waals surface area contributed by atoms with Gasteiger partial charge in [-0.3, -0.25) is 9.59 Å². The van der Waals surface area contributed by atoms with Crippen LogP contribution in [0, 0.1) is 26.6 Å². The van der Waals surface area contributed by atoms with E-state index in [9.17, 15) is 14.0 Å². The van der Waals surface area contributed by atoms with Gasteiger partial charge in [-0.05, 0) is 101 Å². The number of nitrogens with zero attached hydrogens (tertiary/aromatic N) is 1. The lowest BCUT2D eigenvalue weighted by Crippen LogP contribution is -2.28. The molecule has 38 heavy (non-hydrogen) atoms. The van der Waals surface area contributed by atoms with Crippen molar-refractivity contribution in [3.8, 4) is 11.1 Å². The molecule has 1 heterocycles. The number of aryl methyl sites for hydroxylation is 1. The number of aromatic nitrogens is 1. The van der Waals surface area contributed by atoms with Crippen LogP contribution < -0.4 is 10.6 Å². The van der Waals surface area contributed by atoms with Gasteiger partial charge in [0, 0.05) is 48.3 Å². The molecule has 2 aromatic carbocycles. The third kappa shape index (κ3) is 7.89. The summed E-state index contributed by atoms with van der Waals surface area (Å²) in [5.41, 5.74) is 7.91. The number of aldehydes is 1. The van der Waals surface area contributed by atoms with Crippen molar-refractivity contribution < 1.29 is 14.0 Å². The molecule has 0 saturated carbocycles. The number of allylic oxidation sites excluding steroid dienone is 1. The zero-order valence-electron chi connectivity index (χ0n) is 23.6. The number of hydrogen-bond acceptors (Lipinski definition) is 4. The summed E-state index contributed by atoms with van der Waals surface area (Å²) in [6.07, 6.45) is 5.78. The lowest BCUT2D eigenvalue weighted by atomic mass is 9.92. The van der Waals surface area contributed by atoms with E-state index >= 15 is 0 Å². The maximum absolute atomic E-state index is 13.8. The number of rotatable bonds is 11. The van der Waals surface area contributed by atoms with E-state index in [1.54, 1.807) is 11.0 Å². The van der Waals surface area contributed by atoms with Crippen LogP contribution >= 0.6 is 0 Å². The Bertz CT molecular complexity index is 1250. The highest BCUT2D eigenvalue weighted by atomic mass is 19.1. The van der Waals surface area contributed by atoms with Crippen molar-refractivity contribution in [1.29, 1.82) is 0 Å². The molecule has 1 atom stereocenters. The number of H-pyrrole nitrogens is 1. The molecular formula is C31H41FN4O2. The van der Waals surface area contributed by atoms with Gasteiger partial charge in [0.15, 0.2) is 6.29 Å². The minimum absolute atomic E-state index is 0.309. The quantitative estimate of drug-likeness (QED) is 0.165. The van der Waals surface area contributed by atoms with Crippen molar-refractivity contribution >= 4 is 30.0 Å². The fourth-order valence-corrected chi connectivity index (χ4v) is 4.19. The van der Waals surface area contributed by atoms with Crippen LogP contribution in [0.2, 0.25) is 0 Å². The molecule has 1 unspecified atom stereocenters. The smallest absolute Gasteiger partial charge is 0.209 e. The van der Waals surface area contributed by atoms with Gasteiger partial charge in [0.25, 0.3) is 0 Å². The van der Waals surface area contributed by atoms with E-state index in [4.69, 9.17) is 0 Å². The average molecular weight is 521 g/mol. The first-order valence-corrected chi connectivity index (χ1v) is 12.9. The van der Waals surface area contributed by atoms with Crippen LogP contribution in [0.25, 0.3) is 22.8 Å². The van der Waals surface area contributed by atoms with Crippen LogP contribution in [-0.4, -0.2) is 56.3 Å². The molecule has 3 N–H and O–H groups in total. The molecule has 0 bridgehead atoms.